The van der Waals surface area contributed by atoms with E-state index < -0.39 is 0 Å². The summed E-state index contributed by atoms with van der Waals surface area (Å²) in [6, 6.07) is 7.52. The van der Waals surface area contributed by atoms with Gasteiger partial charge >= 0.3 is 0 Å². The van der Waals surface area contributed by atoms with Gasteiger partial charge in [-0.3, -0.25) is 4.79 Å². The Bertz CT molecular complexity index is 401. The highest BCUT2D eigenvalue weighted by atomic mass is 16.5. The second-order valence-electron chi connectivity index (χ2n) is 4.49. The van der Waals surface area contributed by atoms with Crippen LogP contribution in [0.15, 0.2) is 24.3 Å². The molecule has 0 unspecified atom stereocenters. The summed E-state index contributed by atoms with van der Waals surface area (Å²) in [6.45, 7) is 4.36. The van der Waals surface area contributed by atoms with Crippen LogP contribution in [0.5, 0.6) is 5.75 Å². The number of ether oxygens (including phenoxy) is 1. The molecule has 1 heterocycles. The molecule has 1 fully saturated rings. The predicted molar refractivity (Wildman–Crippen MR) is 71.8 cm³/mol. The van der Waals surface area contributed by atoms with Crippen molar-refractivity contribution in [2.75, 3.05) is 25.0 Å². The molecule has 1 aliphatic rings. The molecule has 0 aliphatic carbocycles. The zero-order chi connectivity index (χ0) is 12.8. The first-order valence-electron chi connectivity index (χ1n) is 6.54. The fourth-order valence-corrected chi connectivity index (χ4v) is 2.15. The second kappa shape index (κ2) is 6.40. The average molecular weight is 248 g/mol. The van der Waals surface area contributed by atoms with Gasteiger partial charge in [0, 0.05) is 18.3 Å². The molecule has 2 rings (SSSR count). The Labute approximate surface area is 108 Å². The Hall–Kier alpha value is -1.55. The van der Waals surface area contributed by atoms with E-state index in [4.69, 9.17) is 4.74 Å². The maximum atomic E-state index is 12.0. The van der Waals surface area contributed by atoms with E-state index in [0.29, 0.717) is 6.61 Å². The molecule has 98 valence electrons. The van der Waals surface area contributed by atoms with Crippen molar-refractivity contribution < 1.29 is 9.53 Å². The molecule has 0 radical (unpaired) electrons. The number of nitrogens with one attached hydrogen (secondary N) is 2. The van der Waals surface area contributed by atoms with E-state index in [1.54, 1.807) is 0 Å². The van der Waals surface area contributed by atoms with Crippen LogP contribution in [0.25, 0.3) is 0 Å². The Morgan fingerprint density at radius 3 is 3.17 bits per heavy atom. The number of benzene rings is 1. The fraction of sp³-hybridized carbons (Fsp3) is 0.500. The smallest absolute Gasteiger partial charge is 0.228 e. The summed E-state index contributed by atoms with van der Waals surface area (Å²) in [5, 5.41) is 6.20. The van der Waals surface area contributed by atoms with Crippen molar-refractivity contribution in [1.82, 2.24) is 5.32 Å². The van der Waals surface area contributed by atoms with Crippen LogP contribution in [-0.4, -0.2) is 25.6 Å². The lowest BCUT2D eigenvalue weighted by Gasteiger charge is -2.22. The number of rotatable bonds is 4. The molecule has 0 bridgehead atoms. The van der Waals surface area contributed by atoms with E-state index in [9.17, 15) is 4.79 Å². The number of hydrogen-bond donors (Lipinski definition) is 2. The average Bonchev–Trinajstić information content (AvgIpc) is 2.40. The molecule has 18 heavy (non-hydrogen) atoms. The maximum Gasteiger partial charge on any atom is 0.228 e. The summed E-state index contributed by atoms with van der Waals surface area (Å²) in [5.74, 6) is 0.961. The third-order valence-corrected chi connectivity index (χ3v) is 3.08. The topological polar surface area (TPSA) is 50.4 Å². The number of carbonyl (C=O) groups is 1. The predicted octanol–water partition coefficient (Wildman–Crippen LogP) is 2.02. The van der Waals surface area contributed by atoms with Gasteiger partial charge in [-0.2, -0.15) is 0 Å². The van der Waals surface area contributed by atoms with E-state index in [-0.39, 0.29) is 11.8 Å². The van der Waals surface area contributed by atoms with Crippen LogP contribution in [0.3, 0.4) is 0 Å². The zero-order valence-electron chi connectivity index (χ0n) is 10.7. The van der Waals surface area contributed by atoms with E-state index in [1.165, 1.54) is 0 Å². The van der Waals surface area contributed by atoms with E-state index in [1.807, 2.05) is 31.2 Å². The van der Waals surface area contributed by atoms with E-state index >= 15 is 0 Å². The Morgan fingerprint density at radius 1 is 1.56 bits per heavy atom. The molecule has 1 aliphatic heterocycles. The lowest BCUT2D eigenvalue weighted by atomic mass is 9.99. The van der Waals surface area contributed by atoms with Crippen LogP contribution in [0, 0.1) is 5.92 Å². The number of hydrogen-bond acceptors (Lipinski definition) is 3. The van der Waals surface area contributed by atoms with Crippen molar-refractivity contribution in [3.05, 3.63) is 24.3 Å². The zero-order valence-corrected chi connectivity index (χ0v) is 10.7. The van der Waals surface area contributed by atoms with Crippen LogP contribution in [0.1, 0.15) is 19.8 Å². The second-order valence-corrected chi connectivity index (χ2v) is 4.49. The number of amides is 1. The van der Waals surface area contributed by atoms with Gasteiger partial charge in [0.1, 0.15) is 5.75 Å². The molecule has 4 heteroatoms. The first kappa shape index (κ1) is 12.9. The molecular formula is C14H20N2O2. The van der Waals surface area contributed by atoms with Gasteiger partial charge in [0.05, 0.1) is 12.5 Å². The highest BCUT2D eigenvalue weighted by molar-refractivity contribution is 5.92. The molecule has 1 aromatic rings. The summed E-state index contributed by atoms with van der Waals surface area (Å²) in [4.78, 5) is 12.0. The highest BCUT2D eigenvalue weighted by Crippen LogP contribution is 2.19. The van der Waals surface area contributed by atoms with Crippen LogP contribution >= 0.6 is 0 Å². The molecule has 0 aromatic heterocycles. The Morgan fingerprint density at radius 2 is 2.44 bits per heavy atom. The highest BCUT2D eigenvalue weighted by Gasteiger charge is 2.20. The largest absolute Gasteiger partial charge is 0.494 e. The molecule has 1 atom stereocenters. The standard InChI is InChI=1S/C14H20N2O2/c1-2-18-13-7-3-6-12(9-13)16-14(17)11-5-4-8-15-10-11/h3,6-7,9,11,15H,2,4-5,8,10H2,1H3,(H,16,17)/t11-/m1/s1. The molecule has 2 N–H and O–H groups in total. The molecule has 1 saturated heterocycles. The minimum atomic E-state index is 0.0782. The van der Waals surface area contributed by atoms with E-state index in [0.717, 1.165) is 37.4 Å². The van der Waals surface area contributed by atoms with Gasteiger partial charge < -0.3 is 15.4 Å². The van der Waals surface area contributed by atoms with Gasteiger partial charge in [0.25, 0.3) is 0 Å². The van der Waals surface area contributed by atoms with Gasteiger partial charge in [0.15, 0.2) is 0 Å². The summed E-state index contributed by atoms with van der Waals surface area (Å²) in [7, 11) is 0. The summed E-state index contributed by atoms with van der Waals surface area (Å²) in [6.07, 6.45) is 2.03. The normalized spacial score (nSPS) is 19.3. The van der Waals surface area contributed by atoms with Crippen molar-refractivity contribution in [1.29, 1.82) is 0 Å². The molecule has 1 aromatic carbocycles. The number of anilines is 1. The molecular weight excluding hydrogens is 228 g/mol. The van der Waals surface area contributed by atoms with Gasteiger partial charge in [-0.05, 0) is 38.4 Å². The van der Waals surface area contributed by atoms with Crippen molar-refractivity contribution in [3.8, 4) is 5.75 Å². The van der Waals surface area contributed by atoms with Gasteiger partial charge in [-0.1, -0.05) is 6.07 Å². The quantitative estimate of drug-likeness (QED) is 0.857. The lowest BCUT2D eigenvalue weighted by molar-refractivity contribution is -0.120. The van der Waals surface area contributed by atoms with E-state index in [2.05, 4.69) is 10.6 Å². The first-order chi connectivity index (χ1) is 8.79. The third kappa shape index (κ3) is 3.47. The van der Waals surface area contributed by atoms with Crippen molar-refractivity contribution in [2.24, 2.45) is 5.92 Å². The van der Waals surface area contributed by atoms with Gasteiger partial charge in [-0.15, -0.1) is 0 Å². The minimum absolute atomic E-state index is 0.0782. The van der Waals surface area contributed by atoms with Crippen LogP contribution in [0.2, 0.25) is 0 Å². The van der Waals surface area contributed by atoms with Crippen molar-refractivity contribution in [3.63, 3.8) is 0 Å². The Balaban J connectivity index is 1.95. The monoisotopic (exact) mass is 248 g/mol. The van der Waals surface area contributed by atoms with Gasteiger partial charge in [0.2, 0.25) is 5.91 Å². The summed E-state index contributed by atoms with van der Waals surface area (Å²) < 4.78 is 5.41. The maximum absolute atomic E-state index is 12.0. The lowest BCUT2D eigenvalue weighted by Crippen LogP contribution is -2.37. The number of piperidine rings is 1. The Kier molecular flexibility index (Phi) is 4.59. The summed E-state index contributed by atoms with van der Waals surface area (Å²) >= 11 is 0. The fourth-order valence-electron chi connectivity index (χ4n) is 2.15. The SMILES string of the molecule is CCOc1cccc(NC(=O)[C@@H]2CCCNC2)c1. The molecule has 1 amide bonds. The third-order valence-electron chi connectivity index (χ3n) is 3.08. The molecule has 4 nitrogen and oxygen atoms in total. The number of carbonyl (C=O) groups excluding carboxylic acids is 1. The minimum Gasteiger partial charge on any atom is -0.494 e. The van der Waals surface area contributed by atoms with Crippen molar-refractivity contribution in [2.45, 2.75) is 19.8 Å². The van der Waals surface area contributed by atoms with Crippen LogP contribution < -0.4 is 15.4 Å². The van der Waals surface area contributed by atoms with Crippen LogP contribution in [0.4, 0.5) is 5.69 Å². The van der Waals surface area contributed by atoms with Crippen LogP contribution in [-0.2, 0) is 4.79 Å². The first-order valence-corrected chi connectivity index (χ1v) is 6.54. The summed E-state index contributed by atoms with van der Waals surface area (Å²) in [5.41, 5.74) is 0.802. The van der Waals surface area contributed by atoms with Crippen molar-refractivity contribution >= 4 is 11.6 Å². The molecule has 0 saturated carbocycles. The molecule has 0 spiro atoms. The van der Waals surface area contributed by atoms with Gasteiger partial charge in [-0.25, -0.2) is 0 Å².